The van der Waals surface area contributed by atoms with Gasteiger partial charge < -0.3 is 0 Å². The molecule has 0 heterocycles. The van der Waals surface area contributed by atoms with Gasteiger partial charge in [0, 0.05) is 13.9 Å². The van der Waals surface area contributed by atoms with Gasteiger partial charge in [-0.3, -0.25) is 0 Å². The van der Waals surface area contributed by atoms with Crippen LogP contribution in [0.3, 0.4) is 0 Å². The van der Waals surface area contributed by atoms with Gasteiger partial charge in [-0.2, -0.15) is 0 Å². The highest BCUT2D eigenvalue weighted by atomic mass is 32.2. The summed E-state index contributed by atoms with van der Waals surface area (Å²) in [6, 6.07) is 0. The molecule has 32 valence electrons. The van der Waals surface area contributed by atoms with Crippen LogP contribution in [0.5, 0.6) is 0 Å². The Morgan fingerprint density at radius 2 is 2.00 bits per heavy atom. The van der Waals surface area contributed by atoms with Crippen LogP contribution in [0.2, 0.25) is 0 Å². The molecule has 0 unspecified atom stereocenters. The fourth-order valence-electron chi connectivity index (χ4n) is 0. The maximum atomic E-state index is 9.81. The molecule has 0 aliphatic heterocycles. The molecule has 0 saturated carbocycles. The number of rotatable bonds is 0. The highest BCUT2D eigenvalue weighted by molar-refractivity contribution is 7.89. The Kier molecular flexibility index (Phi) is 0.612. The topological polar surface area (TPSA) is 34.1 Å². The molecule has 0 atom stereocenters. The molecule has 0 aliphatic carbocycles. The average molecular weight is 96.1 g/mol. The largest absolute Gasteiger partial charge is 0.229 e. The first kappa shape index (κ1) is 3.15. The van der Waals surface area contributed by atoms with Crippen molar-refractivity contribution >= 4 is 9.84 Å². The maximum Gasteiger partial charge on any atom is 0.144 e. The molecule has 0 spiro atoms. The molecular weight excluding hydrogens is 88.1 g/mol. The third-order valence-corrected chi connectivity index (χ3v) is 0. The van der Waals surface area contributed by atoms with Crippen molar-refractivity contribution in [1.29, 1.82) is 0 Å². The summed E-state index contributed by atoms with van der Waals surface area (Å²) in [5.74, 6) is 0. The lowest BCUT2D eigenvalue weighted by Crippen LogP contribution is -1.86. The van der Waals surface area contributed by atoms with E-state index in [0.717, 1.165) is 6.26 Å². The van der Waals surface area contributed by atoms with E-state index in [1.54, 1.807) is 0 Å². The molecule has 0 aromatic rings. The van der Waals surface area contributed by atoms with Gasteiger partial charge in [0.25, 0.3) is 0 Å². The van der Waals surface area contributed by atoms with Crippen LogP contribution < -0.4 is 0 Å². The lowest BCUT2D eigenvalue weighted by Gasteiger charge is -1.69. The molecule has 0 rings (SSSR count). The monoisotopic (exact) mass is 96.0 g/mol. The lowest BCUT2D eigenvalue weighted by atomic mass is 11.9. The van der Waals surface area contributed by atoms with Crippen molar-refractivity contribution in [2.24, 2.45) is 0 Å². The van der Waals surface area contributed by atoms with E-state index >= 15 is 0 Å². The predicted octanol–water partition coefficient (Wildman–Crippen LogP) is -0.339. The van der Waals surface area contributed by atoms with E-state index in [9.17, 15) is 8.42 Å². The summed E-state index contributed by atoms with van der Waals surface area (Å²) in [6.07, 6.45) is 0.521. The Bertz CT molecular complexity index is 114. The SMILES string of the molecule is [3H]CS(C)(=O)=O. The molecule has 0 bridgehead atoms. The van der Waals surface area contributed by atoms with Gasteiger partial charge in [0.15, 0.2) is 0 Å². The first-order valence-corrected chi connectivity index (χ1v) is 3.09. The Hall–Kier alpha value is -0.0500. The van der Waals surface area contributed by atoms with Crippen molar-refractivity contribution in [3.8, 4) is 0 Å². The minimum absolute atomic E-state index is 0.507. The molecule has 0 N–H and O–H groups in total. The molecule has 3 heteroatoms. The Labute approximate surface area is 33.1 Å². The summed E-state index contributed by atoms with van der Waals surface area (Å²) in [4.78, 5) is 0. The highest BCUT2D eigenvalue weighted by Gasteiger charge is 1.79. The van der Waals surface area contributed by atoms with Gasteiger partial charge in [0.1, 0.15) is 9.84 Å². The first-order valence-electron chi connectivity index (χ1n) is 1.74. The fourth-order valence-corrected chi connectivity index (χ4v) is 0. The van der Waals surface area contributed by atoms with Crippen molar-refractivity contribution < 1.29 is 9.79 Å². The van der Waals surface area contributed by atoms with Gasteiger partial charge in [-0.15, -0.1) is 0 Å². The summed E-state index contributed by atoms with van der Waals surface area (Å²) in [6.45, 7) is 0. The maximum absolute atomic E-state index is 9.81. The molecular formula is C2H6O2S. The van der Waals surface area contributed by atoms with E-state index in [-0.39, 0.29) is 0 Å². The van der Waals surface area contributed by atoms with Gasteiger partial charge >= 0.3 is 0 Å². The fraction of sp³-hybridized carbons (Fsp3) is 1.00. The second-order valence-corrected chi connectivity index (χ2v) is 2.78. The normalized spacial score (nSPS) is 14.2. The smallest absolute Gasteiger partial charge is 0.144 e. The van der Waals surface area contributed by atoms with Gasteiger partial charge in [0.05, 0.1) is 0 Å². The number of sulfone groups is 1. The summed E-state index contributed by atoms with van der Waals surface area (Å²) in [5, 5.41) is 0. The van der Waals surface area contributed by atoms with Crippen LogP contribution in [0, 0.1) is 0 Å². The Morgan fingerprint density at radius 1 is 1.80 bits per heavy atom. The second-order valence-electron chi connectivity index (χ2n) is 0.926. The van der Waals surface area contributed by atoms with Gasteiger partial charge in [0.2, 0.25) is 0 Å². The summed E-state index contributed by atoms with van der Waals surface area (Å²) in [5.41, 5.74) is 0. The average Bonchev–Trinajstić information content (AvgIpc) is 1.35. The van der Waals surface area contributed by atoms with Crippen LogP contribution in [0.4, 0.5) is 0 Å². The number of hydrogen-bond acceptors (Lipinski definition) is 2. The third-order valence-electron chi connectivity index (χ3n) is 0. The molecule has 0 fully saturated rings. The Morgan fingerprint density at radius 3 is 2.00 bits per heavy atom. The molecule has 2 nitrogen and oxygen atoms in total. The molecule has 0 radical (unpaired) electrons. The van der Waals surface area contributed by atoms with Gasteiger partial charge in [-0.1, -0.05) is 0 Å². The van der Waals surface area contributed by atoms with Crippen molar-refractivity contribution in [2.75, 3.05) is 12.5 Å². The third kappa shape index (κ3) is 6010. The van der Waals surface area contributed by atoms with Gasteiger partial charge in [-0.05, 0) is 0 Å². The molecule has 0 aliphatic rings. The van der Waals surface area contributed by atoms with Crippen molar-refractivity contribution in [3.63, 3.8) is 0 Å². The Balaban J connectivity index is 3.85. The standard InChI is InChI=1S/C2H6O2S/c1-5(2,3)4/h1-2H3/i1T. The predicted molar refractivity (Wildman–Crippen MR) is 20.8 cm³/mol. The summed E-state index contributed by atoms with van der Waals surface area (Å²) in [7, 11) is -3.00. The van der Waals surface area contributed by atoms with E-state index in [1.165, 1.54) is 0 Å². The van der Waals surface area contributed by atoms with E-state index in [0.29, 0.717) is 0 Å². The molecule has 0 saturated heterocycles. The van der Waals surface area contributed by atoms with Crippen LogP contribution in [0.25, 0.3) is 0 Å². The van der Waals surface area contributed by atoms with Crippen LogP contribution in [0.15, 0.2) is 0 Å². The van der Waals surface area contributed by atoms with Crippen molar-refractivity contribution in [3.05, 3.63) is 0 Å². The van der Waals surface area contributed by atoms with Crippen LogP contribution in [-0.2, 0) is 9.84 Å². The zero-order valence-corrected chi connectivity index (χ0v) is 3.75. The van der Waals surface area contributed by atoms with Crippen LogP contribution in [-0.4, -0.2) is 20.9 Å². The zero-order valence-electron chi connectivity index (χ0n) is 3.93. The van der Waals surface area contributed by atoms with Crippen molar-refractivity contribution in [2.45, 2.75) is 0 Å². The number of hydrogen-bond donors (Lipinski definition) is 0. The van der Waals surface area contributed by atoms with Gasteiger partial charge in [-0.25, -0.2) is 8.42 Å². The molecule has 5 heavy (non-hydrogen) atoms. The van der Waals surface area contributed by atoms with E-state index in [2.05, 4.69) is 0 Å². The minimum Gasteiger partial charge on any atom is -0.229 e. The second kappa shape index (κ2) is 0.971. The lowest BCUT2D eigenvalue weighted by molar-refractivity contribution is 0.607. The molecule has 0 amide bonds. The van der Waals surface area contributed by atoms with E-state index < -0.39 is 16.1 Å². The molecule has 0 aromatic heterocycles. The molecule has 0 aromatic carbocycles. The minimum atomic E-state index is -3.00. The first-order chi connectivity index (χ1) is 2.56. The van der Waals surface area contributed by atoms with E-state index in [4.69, 9.17) is 1.37 Å². The summed E-state index contributed by atoms with van der Waals surface area (Å²) >= 11 is 0. The van der Waals surface area contributed by atoms with Crippen molar-refractivity contribution in [1.82, 2.24) is 0 Å². The van der Waals surface area contributed by atoms with Crippen LogP contribution >= 0.6 is 0 Å². The quantitative estimate of drug-likeness (QED) is 0.413. The summed E-state index contributed by atoms with van der Waals surface area (Å²) < 4.78 is 25.9. The van der Waals surface area contributed by atoms with Crippen LogP contribution in [0.1, 0.15) is 1.37 Å². The highest BCUT2D eigenvalue weighted by Crippen LogP contribution is 1.61. The van der Waals surface area contributed by atoms with E-state index in [1.807, 2.05) is 0 Å². The zero-order chi connectivity index (χ0) is 5.21.